The highest BCUT2D eigenvalue weighted by Gasteiger charge is 2.66. The minimum atomic E-state index is -1.44. The van der Waals surface area contributed by atoms with E-state index in [9.17, 15) is 19.1 Å². The van der Waals surface area contributed by atoms with Crippen LogP contribution in [0.15, 0.2) is 91.0 Å². The molecule has 0 radical (unpaired) electrons. The number of anilines is 1. The Kier molecular flexibility index (Phi) is 6.10. The number of carbonyl (C=O) groups is 2. The number of benzene rings is 3. The summed E-state index contributed by atoms with van der Waals surface area (Å²) in [6.07, 6.45) is 3.77. The average Bonchev–Trinajstić information content (AvgIpc) is 3.09. The molecule has 0 bridgehead atoms. The Labute approximate surface area is 217 Å². The second kappa shape index (κ2) is 9.12. The molecule has 1 heterocycles. The molecule has 0 saturated carbocycles. The van der Waals surface area contributed by atoms with Crippen molar-refractivity contribution in [2.45, 2.75) is 17.8 Å². The minimum absolute atomic E-state index is 0.0590. The summed E-state index contributed by atoms with van der Waals surface area (Å²) in [6.45, 7) is 3.94. The summed E-state index contributed by atoms with van der Waals surface area (Å²) in [7, 11) is 0. The number of hydrogen-bond donors (Lipinski definition) is 2. The summed E-state index contributed by atoms with van der Waals surface area (Å²) in [4.78, 5) is 28.2. The van der Waals surface area contributed by atoms with Crippen molar-refractivity contribution in [3.05, 3.63) is 118 Å². The summed E-state index contributed by atoms with van der Waals surface area (Å²) in [5.74, 6) is -3.03. The maximum atomic E-state index is 14.4. The number of aromatic hydroxyl groups is 1. The first-order valence-corrected chi connectivity index (χ1v) is 12.0. The first kappa shape index (κ1) is 24.1. The molecule has 3 unspecified atom stereocenters. The zero-order valence-corrected chi connectivity index (χ0v) is 20.4. The van der Waals surface area contributed by atoms with Gasteiger partial charge in [0.05, 0.1) is 17.0 Å². The fraction of sp³-hybridized carbons (Fsp3) is 0.143. The molecule has 3 aromatic rings. The predicted molar refractivity (Wildman–Crippen MR) is 137 cm³/mol. The zero-order valence-electron chi connectivity index (χ0n) is 18.9. The highest BCUT2D eigenvalue weighted by molar-refractivity contribution is 6.31. The van der Waals surface area contributed by atoms with Crippen molar-refractivity contribution in [1.82, 2.24) is 5.01 Å². The maximum absolute atomic E-state index is 14.4. The van der Waals surface area contributed by atoms with Crippen LogP contribution in [0.2, 0.25) is 10.0 Å². The van der Waals surface area contributed by atoms with Crippen LogP contribution in [-0.2, 0) is 15.0 Å². The normalized spacial score (nSPS) is 23.3. The number of amides is 2. The summed E-state index contributed by atoms with van der Waals surface area (Å²) in [6, 6.07) is 16.8. The molecule has 3 atom stereocenters. The van der Waals surface area contributed by atoms with E-state index < -0.39 is 34.9 Å². The molecule has 2 aliphatic rings. The second-order valence-corrected chi connectivity index (χ2v) is 9.68. The van der Waals surface area contributed by atoms with E-state index in [0.717, 1.165) is 5.01 Å². The number of hydrazine groups is 1. The molecular formula is C28H21Cl2FN2O3. The van der Waals surface area contributed by atoms with Gasteiger partial charge in [0, 0.05) is 21.5 Å². The predicted octanol–water partition coefficient (Wildman–Crippen LogP) is 6.39. The van der Waals surface area contributed by atoms with Crippen LogP contribution in [0.25, 0.3) is 0 Å². The van der Waals surface area contributed by atoms with Crippen molar-refractivity contribution < 1.29 is 19.1 Å². The molecule has 1 saturated heterocycles. The highest BCUT2D eigenvalue weighted by Crippen LogP contribution is 2.59. The number of halogens is 3. The molecule has 2 N–H and O–H groups in total. The van der Waals surface area contributed by atoms with Crippen molar-refractivity contribution in [1.29, 1.82) is 0 Å². The standard InChI is InChI=1S/C28H21Cl2FN2O3/c1-2-16-3-13-23-26(35)33(32-21-11-9-20(31)10-12-21)27(36)28(23,17-4-6-18(29)7-5-17)25(16)22-15-19(30)8-14-24(22)34/h2-12,14-15,23,25,32,34H,1,13H2. The van der Waals surface area contributed by atoms with Gasteiger partial charge in [0.1, 0.15) is 11.6 Å². The third-order valence-electron chi connectivity index (χ3n) is 6.95. The topological polar surface area (TPSA) is 69.6 Å². The number of imide groups is 1. The largest absolute Gasteiger partial charge is 0.508 e. The lowest BCUT2D eigenvalue weighted by Gasteiger charge is -2.43. The van der Waals surface area contributed by atoms with E-state index in [-0.39, 0.29) is 12.2 Å². The van der Waals surface area contributed by atoms with Crippen LogP contribution in [0.1, 0.15) is 23.5 Å². The summed E-state index contributed by atoms with van der Waals surface area (Å²) in [5.41, 5.74) is 3.46. The number of nitrogens with one attached hydrogen (secondary N) is 1. The van der Waals surface area contributed by atoms with E-state index in [1.807, 2.05) is 6.08 Å². The van der Waals surface area contributed by atoms with Crippen LogP contribution in [-0.4, -0.2) is 21.9 Å². The Morgan fingerprint density at radius 1 is 1.03 bits per heavy atom. The lowest BCUT2D eigenvalue weighted by atomic mass is 9.56. The van der Waals surface area contributed by atoms with E-state index in [0.29, 0.717) is 32.4 Å². The molecular weight excluding hydrogens is 502 g/mol. The Morgan fingerprint density at radius 3 is 2.36 bits per heavy atom. The number of phenols is 1. The summed E-state index contributed by atoms with van der Waals surface area (Å²) < 4.78 is 13.5. The lowest BCUT2D eigenvalue weighted by Crippen LogP contribution is -2.48. The molecule has 5 nitrogen and oxygen atoms in total. The molecule has 1 aliphatic heterocycles. The van der Waals surface area contributed by atoms with Gasteiger partial charge in [-0.3, -0.25) is 15.0 Å². The summed E-state index contributed by atoms with van der Waals surface area (Å²) in [5, 5.41) is 12.7. The van der Waals surface area contributed by atoms with E-state index in [1.165, 1.54) is 30.3 Å². The molecule has 182 valence electrons. The molecule has 8 heteroatoms. The number of hydrogen-bond acceptors (Lipinski definition) is 4. The van der Waals surface area contributed by atoms with Crippen LogP contribution < -0.4 is 5.43 Å². The van der Waals surface area contributed by atoms with Gasteiger partial charge in [-0.15, -0.1) is 0 Å². The van der Waals surface area contributed by atoms with Gasteiger partial charge in [-0.2, -0.15) is 5.01 Å². The van der Waals surface area contributed by atoms with Crippen molar-refractivity contribution in [2.75, 3.05) is 5.43 Å². The minimum Gasteiger partial charge on any atom is -0.508 e. The molecule has 3 aromatic carbocycles. The zero-order chi connectivity index (χ0) is 25.6. The number of carbonyl (C=O) groups excluding carboxylic acids is 2. The monoisotopic (exact) mass is 522 g/mol. The maximum Gasteiger partial charge on any atom is 0.260 e. The van der Waals surface area contributed by atoms with Gasteiger partial charge in [0.25, 0.3) is 11.8 Å². The van der Waals surface area contributed by atoms with Gasteiger partial charge in [-0.1, -0.05) is 54.1 Å². The van der Waals surface area contributed by atoms with E-state index in [1.54, 1.807) is 42.5 Å². The SMILES string of the molecule is C=CC1=CCC2C(=O)N(Nc3ccc(F)cc3)C(=O)C2(c2ccc(Cl)cc2)C1c1cc(Cl)ccc1O. The first-order chi connectivity index (χ1) is 17.3. The number of allylic oxidation sites excluding steroid dienone is 3. The van der Waals surface area contributed by atoms with Crippen LogP contribution in [0, 0.1) is 11.7 Å². The van der Waals surface area contributed by atoms with Crippen LogP contribution in [0.3, 0.4) is 0 Å². The molecule has 1 fully saturated rings. The Bertz CT molecular complexity index is 1410. The van der Waals surface area contributed by atoms with E-state index in [2.05, 4.69) is 12.0 Å². The van der Waals surface area contributed by atoms with Gasteiger partial charge < -0.3 is 5.11 Å². The van der Waals surface area contributed by atoms with Gasteiger partial charge in [0.15, 0.2) is 0 Å². The molecule has 5 rings (SSSR count). The quantitative estimate of drug-likeness (QED) is 0.381. The van der Waals surface area contributed by atoms with Gasteiger partial charge in [-0.25, -0.2) is 4.39 Å². The number of rotatable bonds is 5. The van der Waals surface area contributed by atoms with Crippen molar-refractivity contribution in [3.8, 4) is 5.75 Å². The second-order valence-electron chi connectivity index (χ2n) is 8.81. The number of fused-ring (bicyclic) bond motifs is 1. The molecule has 36 heavy (non-hydrogen) atoms. The Hall–Kier alpha value is -3.61. The molecule has 0 spiro atoms. The Morgan fingerprint density at radius 2 is 1.69 bits per heavy atom. The third-order valence-corrected chi connectivity index (χ3v) is 7.43. The van der Waals surface area contributed by atoms with Gasteiger partial charge in [-0.05, 0) is 72.2 Å². The van der Waals surface area contributed by atoms with Crippen LogP contribution in [0.5, 0.6) is 5.75 Å². The van der Waals surface area contributed by atoms with E-state index in [4.69, 9.17) is 23.2 Å². The van der Waals surface area contributed by atoms with Crippen molar-refractivity contribution >= 4 is 40.7 Å². The molecule has 2 amide bonds. The van der Waals surface area contributed by atoms with Crippen LogP contribution in [0.4, 0.5) is 10.1 Å². The molecule has 0 aromatic heterocycles. The van der Waals surface area contributed by atoms with E-state index >= 15 is 0 Å². The van der Waals surface area contributed by atoms with Gasteiger partial charge in [0.2, 0.25) is 0 Å². The van der Waals surface area contributed by atoms with Crippen LogP contribution >= 0.6 is 23.2 Å². The smallest absolute Gasteiger partial charge is 0.260 e. The first-order valence-electron chi connectivity index (χ1n) is 11.2. The van der Waals surface area contributed by atoms with Crippen molar-refractivity contribution in [3.63, 3.8) is 0 Å². The Balaban J connectivity index is 1.75. The number of nitrogens with zero attached hydrogens (tertiary/aromatic N) is 1. The fourth-order valence-corrected chi connectivity index (χ4v) is 5.70. The fourth-order valence-electron chi connectivity index (χ4n) is 5.39. The van der Waals surface area contributed by atoms with Gasteiger partial charge >= 0.3 is 0 Å². The highest BCUT2D eigenvalue weighted by atomic mass is 35.5. The molecule has 1 aliphatic carbocycles. The average molecular weight is 523 g/mol. The lowest BCUT2D eigenvalue weighted by molar-refractivity contribution is -0.138. The third kappa shape index (κ3) is 3.69. The number of phenolic OH excluding ortho intramolecular Hbond substituents is 1. The summed E-state index contributed by atoms with van der Waals surface area (Å²) >= 11 is 12.5. The van der Waals surface area contributed by atoms with Crippen molar-refractivity contribution in [2.24, 2.45) is 5.92 Å².